The minimum Gasteiger partial charge on any atom is -0.464 e. The molecule has 31 heavy (non-hydrogen) atoms. The first-order valence-corrected chi connectivity index (χ1v) is 13.2. The van der Waals surface area contributed by atoms with E-state index in [4.69, 9.17) is 9.47 Å². The second-order valence-corrected chi connectivity index (χ2v) is 10.4. The summed E-state index contributed by atoms with van der Waals surface area (Å²) in [6.45, 7) is 4.19. The van der Waals surface area contributed by atoms with Gasteiger partial charge < -0.3 is 14.0 Å². The zero-order chi connectivity index (χ0) is 22.1. The molecule has 164 valence electrons. The summed E-state index contributed by atoms with van der Waals surface area (Å²) in [6.07, 6.45) is 0.468. The summed E-state index contributed by atoms with van der Waals surface area (Å²) >= 11 is 1.45. The maximum Gasteiger partial charge on any atom is 0.339 e. The molecule has 0 saturated heterocycles. The zero-order valence-corrected chi connectivity index (χ0v) is 19.7. The molecule has 0 amide bonds. The molecule has 2 aromatic carbocycles. The predicted octanol–water partition coefficient (Wildman–Crippen LogP) is 5.43. The molecule has 0 aliphatic heterocycles. The lowest BCUT2D eigenvalue weighted by Gasteiger charge is -2.31. The van der Waals surface area contributed by atoms with Crippen molar-refractivity contribution in [3.05, 3.63) is 72.3 Å². The molecule has 0 bridgehead atoms. The van der Waals surface area contributed by atoms with Crippen LogP contribution in [0.25, 0.3) is 10.9 Å². The van der Waals surface area contributed by atoms with E-state index in [0.29, 0.717) is 18.5 Å². The second-order valence-electron chi connectivity index (χ2n) is 7.16. The van der Waals surface area contributed by atoms with Gasteiger partial charge in [0.15, 0.2) is 5.60 Å². The van der Waals surface area contributed by atoms with E-state index in [-0.39, 0.29) is 12.8 Å². The van der Waals surface area contributed by atoms with Crippen LogP contribution in [0.4, 0.5) is 0 Å². The Balaban J connectivity index is 1.74. The fourth-order valence-corrected chi connectivity index (χ4v) is 6.46. The first-order chi connectivity index (χ1) is 15.1. The predicted molar refractivity (Wildman–Crippen MR) is 127 cm³/mol. The maximum absolute atomic E-state index is 13.1. The molecule has 0 aliphatic carbocycles. The molecule has 1 aromatic heterocycles. The minimum atomic E-state index is -2.15. The Bertz CT molecular complexity index is 1030. The van der Waals surface area contributed by atoms with Crippen molar-refractivity contribution in [3.8, 4) is 0 Å². The van der Waals surface area contributed by atoms with E-state index >= 15 is 0 Å². The molecule has 5 nitrogen and oxygen atoms in total. The van der Waals surface area contributed by atoms with Crippen molar-refractivity contribution in [3.63, 3.8) is 0 Å². The highest BCUT2D eigenvalue weighted by Gasteiger charge is 2.42. The quantitative estimate of drug-likeness (QED) is 0.217. The van der Waals surface area contributed by atoms with Crippen molar-refractivity contribution < 1.29 is 18.8 Å². The number of pyridine rings is 1. The van der Waals surface area contributed by atoms with Crippen LogP contribution in [0.3, 0.4) is 0 Å². The monoisotopic (exact) mass is 457 g/mol. The third kappa shape index (κ3) is 6.42. The Kier molecular flexibility index (Phi) is 8.70. The first kappa shape index (κ1) is 23.5. The Hall–Kier alpha value is -2.14. The average molecular weight is 458 g/mol. The van der Waals surface area contributed by atoms with Gasteiger partial charge in [0.25, 0.3) is 0 Å². The first-order valence-electron chi connectivity index (χ1n) is 10.4. The number of benzene rings is 2. The van der Waals surface area contributed by atoms with E-state index in [9.17, 15) is 9.36 Å². The van der Waals surface area contributed by atoms with Crippen LogP contribution in [0, 0.1) is 0 Å². The SMILES string of the molecule is CCOC(=O)C(Cc1ccccc1)(C[PH](=O)CSc1ccc2ccccc2n1)OCC. The van der Waals surface area contributed by atoms with Gasteiger partial charge in [0, 0.05) is 24.6 Å². The highest BCUT2D eigenvalue weighted by molar-refractivity contribution is 8.03. The molecule has 0 fully saturated rings. The summed E-state index contributed by atoms with van der Waals surface area (Å²) in [6, 6.07) is 21.5. The summed E-state index contributed by atoms with van der Waals surface area (Å²) in [5.74, 6) is -0.451. The Morgan fingerprint density at radius 3 is 2.48 bits per heavy atom. The van der Waals surface area contributed by atoms with Crippen LogP contribution in [0.5, 0.6) is 0 Å². The number of carbonyl (C=O) groups excluding carboxylic acids is 1. The second kappa shape index (κ2) is 11.5. The van der Waals surface area contributed by atoms with Crippen molar-refractivity contribution in [1.29, 1.82) is 0 Å². The topological polar surface area (TPSA) is 65.5 Å². The Labute approximate surface area is 188 Å². The van der Waals surface area contributed by atoms with E-state index < -0.39 is 19.4 Å². The number of fused-ring (bicyclic) bond motifs is 1. The third-order valence-electron chi connectivity index (χ3n) is 4.84. The summed E-state index contributed by atoms with van der Waals surface area (Å²) in [7, 11) is -2.15. The van der Waals surface area contributed by atoms with E-state index in [1.54, 1.807) is 6.92 Å². The number of ether oxygens (including phenoxy) is 2. The molecule has 2 atom stereocenters. The van der Waals surface area contributed by atoms with Crippen LogP contribution in [-0.2, 0) is 25.3 Å². The van der Waals surface area contributed by atoms with Crippen LogP contribution < -0.4 is 0 Å². The van der Waals surface area contributed by atoms with Crippen molar-refractivity contribution in [2.24, 2.45) is 0 Å². The van der Waals surface area contributed by atoms with Gasteiger partial charge in [-0.2, -0.15) is 0 Å². The summed E-state index contributed by atoms with van der Waals surface area (Å²) < 4.78 is 24.4. The smallest absolute Gasteiger partial charge is 0.339 e. The third-order valence-corrected chi connectivity index (χ3v) is 8.19. The molecular formula is C24H28NO4PS. The van der Waals surface area contributed by atoms with Crippen LogP contribution in [0.15, 0.2) is 71.8 Å². The molecule has 3 rings (SSSR count). The van der Waals surface area contributed by atoms with Gasteiger partial charge in [0.2, 0.25) is 0 Å². The van der Waals surface area contributed by atoms with Gasteiger partial charge in [-0.3, -0.25) is 0 Å². The van der Waals surface area contributed by atoms with Crippen molar-refractivity contribution >= 4 is 36.4 Å². The van der Waals surface area contributed by atoms with Crippen molar-refractivity contribution in [2.75, 3.05) is 24.9 Å². The Morgan fingerprint density at radius 1 is 1.00 bits per heavy atom. The van der Waals surface area contributed by atoms with Crippen LogP contribution >= 0.6 is 19.6 Å². The molecule has 2 unspecified atom stereocenters. The van der Waals surface area contributed by atoms with Crippen LogP contribution in [0.1, 0.15) is 19.4 Å². The number of carbonyl (C=O) groups is 1. The van der Waals surface area contributed by atoms with Gasteiger partial charge in [-0.15, -0.1) is 0 Å². The standard InChI is InChI=1S/C24H28NO4PS/c1-3-28-23(26)24(29-4-2,16-19-10-6-5-7-11-19)17-30(27)18-31-22-15-14-20-12-8-9-13-21(20)25-22/h5-15,30H,3-4,16-18H2,1-2H3. The molecule has 3 aromatic rings. The number of aromatic nitrogens is 1. The lowest BCUT2D eigenvalue weighted by atomic mass is 9.96. The summed E-state index contributed by atoms with van der Waals surface area (Å²) in [5.41, 5.74) is 0.993. The van der Waals surface area contributed by atoms with Gasteiger partial charge >= 0.3 is 5.97 Å². The van der Waals surface area contributed by atoms with Gasteiger partial charge in [0.1, 0.15) is 0 Å². The van der Waals surface area contributed by atoms with E-state index in [2.05, 4.69) is 4.98 Å². The molecule has 0 spiro atoms. The number of hydrogen-bond acceptors (Lipinski definition) is 6. The number of thioether (sulfide) groups is 1. The normalized spacial score (nSPS) is 14.1. The molecule has 7 heteroatoms. The lowest BCUT2D eigenvalue weighted by molar-refractivity contribution is -0.168. The lowest BCUT2D eigenvalue weighted by Crippen LogP contribution is -2.47. The summed E-state index contributed by atoms with van der Waals surface area (Å²) in [5, 5.41) is 1.89. The molecule has 0 N–H and O–H groups in total. The number of rotatable bonds is 11. The van der Waals surface area contributed by atoms with E-state index in [1.165, 1.54) is 11.8 Å². The average Bonchev–Trinajstić information content (AvgIpc) is 2.78. The number of nitrogens with zero attached hydrogens (tertiary/aromatic N) is 1. The molecule has 0 radical (unpaired) electrons. The van der Waals surface area contributed by atoms with Gasteiger partial charge in [-0.1, -0.05) is 66.4 Å². The van der Waals surface area contributed by atoms with E-state index in [1.807, 2.05) is 73.7 Å². The highest BCUT2D eigenvalue weighted by Crippen LogP contribution is 2.37. The molecule has 1 heterocycles. The highest BCUT2D eigenvalue weighted by atomic mass is 32.2. The fraction of sp³-hybridized carbons (Fsp3) is 0.333. The maximum atomic E-state index is 13.1. The van der Waals surface area contributed by atoms with Crippen LogP contribution in [0.2, 0.25) is 0 Å². The van der Waals surface area contributed by atoms with Crippen LogP contribution in [-0.4, -0.2) is 41.4 Å². The number of para-hydroxylation sites is 1. The van der Waals surface area contributed by atoms with E-state index in [0.717, 1.165) is 21.5 Å². The van der Waals surface area contributed by atoms with Crippen molar-refractivity contribution in [2.45, 2.75) is 30.9 Å². The molecular weight excluding hydrogens is 429 g/mol. The number of esters is 1. The van der Waals surface area contributed by atoms with Crippen molar-refractivity contribution in [1.82, 2.24) is 4.98 Å². The minimum absolute atomic E-state index is 0.139. The van der Waals surface area contributed by atoms with Gasteiger partial charge in [0.05, 0.1) is 30.4 Å². The fourth-order valence-electron chi connectivity index (χ4n) is 3.48. The Morgan fingerprint density at radius 2 is 1.74 bits per heavy atom. The zero-order valence-electron chi connectivity index (χ0n) is 17.9. The molecule has 0 aliphatic rings. The molecule has 0 saturated carbocycles. The van der Waals surface area contributed by atoms with Gasteiger partial charge in [-0.05, 0) is 31.5 Å². The van der Waals surface area contributed by atoms with Gasteiger partial charge in [-0.25, -0.2) is 9.78 Å². The summed E-state index contributed by atoms with van der Waals surface area (Å²) in [4.78, 5) is 17.6. The number of hydrogen-bond donors (Lipinski definition) is 0. The largest absolute Gasteiger partial charge is 0.464 e.